The Hall–Kier alpha value is -1.53. The lowest BCUT2D eigenvalue weighted by atomic mass is 10.3. The van der Waals surface area contributed by atoms with Crippen LogP contribution >= 0.6 is 22.9 Å². The number of carbonyl (C=O) groups excluding carboxylic acids is 1. The zero-order chi connectivity index (χ0) is 13.1. The molecule has 2 aromatic rings. The van der Waals surface area contributed by atoms with Gasteiger partial charge in [0.1, 0.15) is 5.76 Å². The van der Waals surface area contributed by atoms with Crippen molar-refractivity contribution in [3.8, 4) is 0 Å². The van der Waals surface area contributed by atoms with Crippen molar-refractivity contribution in [1.82, 2.24) is 4.98 Å². The zero-order valence-corrected chi connectivity index (χ0v) is 11.3. The Balaban J connectivity index is 2.13. The van der Waals surface area contributed by atoms with Crippen molar-refractivity contribution < 1.29 is 13.9 Å². The second-order valence-electron chi connectivity index (χ2n) is 3.51. The Morgan fingerprint density at radius 1 is 1.67 bits per heavy atom. The smallest absolute Gasteiger partial charge is 0.351 e. The molecule has 1 unspecified atom stereocenters. The molecule has 0 aliphatic rings. The van der Waals surface area contributed by atoms with Gasteiger partial charge in [0.05, 0.1) is 19.4 Å². The topological polar surface area (TPSA) is 64.4 Å². The Labute approximate surface area is 113 Å². The van der Waals surface area contributed by atoms with Crippen LogP contribution in [-0.4, -0.2) is 18.1 Å². The van der Waals surface area contributed by atoms with Gasteiger partial charge in [-0.2, -0.15) is 0 Å². The van der Waals surface area contributed by atoms with Crippen molar-refractivity contribution in [2.75, 3.05) is 12.4 Å². The molecule has 18 heavy (non-hydrogen) atoms. The van der Waals surface area contributed by atoms with Crippen LogP contribution in [0.2, 0.25) is 5.15 Å². The van der Waals surface area contributed by atoms with Crippen LogP contribution in [0, 0.1) is 0 Å². The van der Waals surface area contributed by atoms with E-state index in [1.165, 1.54) is 7.11 Å². The van der Waals surface area contributed by atoms with E-state index in [4.69, 9.17) is 16.0 Å². The minimum atomic E-state index is -0.490. The number of thiazole rings is 1. The fourth-order valence-corrected chi connectivity index (χ4v) is 2.57. The molecular weight excluding hydrogens is 276 g/mol. The minimum Gasteiger partial charge on any atom is -0.467 e. The average Bonchev–Trinajstić information content (AvgIpc) is 2.97. The third kappa shape index (κ3) is 2.65. The van der Waals surface area contributed by atoms with Crippen LogP contribution < -0.4 is 5.32 Å². The molecule has 0 aliphatic heterocycles. The van der Waals surface area contributed by atoms with Gasteiger partial charge >= 0.3 is 5.97 Å². The maximum atomic E-state index is 11.4. The number of carbonyl (C=O) groups is 1. The maximum absolute atomic E-state index is 11.4. The van der Waals surface area contributed by atoms with Crippen molar-refractivity contribution in [3.63, 3.8) is 0 Å². The first-order valence-corrected chi connectivity index (χ1v) is 6.36. The van der Waals surface area contributed by atoms with Crippen LogP contribution in [0.3, 0.4) is 0 Å². The molecule has 0 aliphatic carbocycles. The van der Waals surface area contributed by atoms with Crippen LogP contribution in [-0.2, 0) is 4.74 Å². The summed E-state index contributed by atoms with van der Waals surface area (Å²) in [5.74, 6) is 0.289. The Morgan fingerprint density at radius 3 is 3.06 bits per heavy atom. The van der Waals surface area contributed by atoms with Gasteiger partial charge in [0.15, 0.2) is 15.2 Å². The fourth-order valence-electron chi connectivity index (χ4n) is 1.38. The van der Waals surface area contributed by atoms with Crippen molar-refractivity contribution in [1.29, 1.82) is 0 Å². The summed E-state index contributed by atoms with van der Waals surface area (Å²) in [5.41, 5.74) is 0. The zero-order valence-electron chi connectivity index (χ0n) is 9.77. The third-order valence-electron chi connectivity index (χ3n) is 2.27. The highest BCUT2D eigenvalue weighted by Crippen LogP contribution is 2.30. The minimum absolute atomic E-state index is 0.0623. The van der Waals surface area contributed by atoms with E-state index in [1.807, 2.05) is 19.1 Å². The number of halogens is 1. The molecular formula is C11H11ClN2O3S. The summed E-state index contributed by atoms with van der Waals surface area (Å²) in [4.78, 5) is 15.7. The lowest BCUT2D eigenvalue weighted by molar-refractivity contribution is 0.0606. The summed E-state index contributed by atoms with van der Waals surface area (Å²) in [6.45, 7) is 1.92. The first kappa shape index (κ1) is 12.9. The van der Waals surface area contributed by atoms with E-state index in [-0.39, 0.29) is 16.1 Å². The van der Waals surface area contributed by atoms with E-state index in [0.29, 0.717) is 5.13 Å². The first-order chi connectivity index (χ1) is 8.61. The molecule has 0 saturated heterocycles. The SMILES string of the molecule is COC(=O)c1sc(NC(C)c2ccco2)nc1Cl. The molecule has 2 aromatic heterocycles. The molecule has 0 bridgehead atoms. The van der Waals surface area contributed by atoms with Gasteiger partial charge in [-0.3, -0.25) is 0 Å². The Bertz CT molecular complexity index is 538. The number of aromatic nitrogens is 1. The number of hydrogen-bond acceptors (Lipinski definition) is 6. The first-order valence-electron chi connectivity index (χ1n) is 5.16. The molecule has 0 aromatic carbocycles. The van der Waals surface area contributed by atoms with Crippen molar-refractivity contribution in [2.24, 2.45) is 0 Å². The number of esters is 1. The fraction of sp³-hybridized carbons (Fsp3) is 0.273. The second kappa shape index (κ2) is 5.41. The summed E-state index contributed by atoms with van der Waals surface area (Å²) in [6, 6.07) is 3.60. The molecule has 0 amide bonds. The normalized spacial score (nSPS) is 12.2. The average molecular weight is 287 g/mol. The van der Waals surface area contributed by atoms with E-state index in [9.17, 15) is 4.79 Å². The number of rotatable bonds is 4. The third-order valence-corrected chi connectivity index (χ3v) is 3.62. The summed E-state index contributed by atoms with van der Waals surface area (Å²) < 4.78 is 9.87. The monoisotopic (exact) mass is 286 g/mol. The lowest BCUT2D eigenvalue weighted by Gasteiger charge is -2.08. The molecule has 0 saturated carbocycles. The van der Waals surface area contributed by atoms with Gasteiger partial charge in [-0.05, 0) is 19.1 Å². The highest BCUT2D eigenvalue weighted by atomic mass is 35.5. The molecule has 96 valence electrons. The molecule has 1 atom stereocenters. The molecule has 5 nitrogen and oxygen atoms in total. The number of nitrogens with zero attached hydrogens (tertiary/aromatic N) is 1. The number of ether oxygens (including phenoxy) is 1. The van der Waals surface area contributed by atoms with Crippen LogP contribution in [0.1, 0.15) is 28.4 Å². The van der Waals surface area contributed by atoms with E-state index >= 15 is 0 Å². The van der Waals surface area contributed by atoms with Gasteiger partial charge in [0, 0.05) is 0 Å². The molecule has 0 fully saturated rings. The van der Waals surface area contributed by atoms with Crippen LogP contribution in [0.5, 0.6) is 0 Å². The lowest BCUT2D eigenvalue weighted by Crippen LogP contribution is -2.04. The molecule has 2 rings (SSSR count). The second-order valence-corrected chi connectivity index (χ2v) is 4.87. The predicted octanol–water partition coefficient (Wildman–Crippen LogP) is 3.35. The van der Waals surface area contributed by atoms with Crippen molar-refractivity contribution in [2.45, 2.75) is 13.0 Å². The standard InChI is InChI=1S/C11H11ClN2O3S/c1-6(7-4-3-5-17-7)13-11-14-9(12)8(18-11)10(15)16-2/h3-6H,1-2H3,(H,13,14). The van der Waals surface area contributed by atoms with Gasteiger partial charge < -0.3 is 14.5 Å². The highest BCUT2D eigenvalue weighted by molar-refractivity contribution is 7.18. The Morgan fingerprint density at radius 2 is 2.44 bits per heavy atom. The summed E-state index contributed by atoms with van der Waals surface area (Å²) in [6.07, 6.45) is 1.60. The molecule has 0 radical (unpaired) electrons. The van der Waals surface area contributed by atoms with Crippen LogP contribution in [0.25, 0.3) is 0 Å². The molecule has 7 heteroatoms. The van der Waals surface area contributed by atoms with Gasteiger partial charge in [0.25, 0.3) is 0 Å². The van der Waals surface area contributed by atoms with Gasteiger partial charge in [-0.1, -0.05) is 22.9 Å². The predicted molar refractivity (Wildman–Crippen MR) is 69.2 cm³/mol. The number of methoxy groups -OCH3 is 1. The van der Waals surface area contributed by atoms with Crippen molar-refractivity contribution >= 4 is 34.0 Å². The van der Waals surface area contributed by atoms with E-state index in [1.54, 1.807) is 6.26 Å². The molecule has 0 spiro atoms. The number of furan rings is 1. The van der Waals surface area contributed by atoms with Crippen LogP contribution in [0.4, 0.5) is 5.13 Å². The maximum Gasteiger partial charge on any atom is 0.351 e. The van der Waals surface area contributed by atoms with Crippen LogP contribution in [0.15, 0.2) is 22.8 Å². The summed E-state index contributed by atoms with van der Waals surface area (Å²) in [7, 11) is 1.30. The van der Waals surface area contributed by atoms with E-state index < -0.39 is 5.97 Å². The number of hydrogen-bond donors (Lipinski definition) is 1. The van der Waals surface area contributed by atoms with E-state index in [2.05, 4.69) is 15.0 Å². The summed E-state index contributed by atoms with van der Waals surface area (Å²) in [5, 5.41) is 3.79. The highest BCUT2D eigenvalue weighted by Gasteiger charge is 2.18. The van der Waals surface area contributed by atoms with Crippen molar-refractivity contribution in [3.05, 3.63) is 34.2 Å². The summed E-state index contributed by atoms with van der Waals surface area (Å²) >= 11 is 7.01. The van der Waals surface area contributed by atoms with Gasteiger partial charge in [0.2, 0.25) is 0 Å². The Kier molecular flexibility index (Phi) is 3.88. The van der Waals surface area contributed by atoms with E-state index in [0.717, 1.165) is 17.1 Å². The van der Waals surface area contributed by atoms with Gasteiger partial charge in [-0.25, -0.2) is 9.78 Å². The molecule has 2 heterocycles. The van der Waals surface area contributed by atoms with Gasteiger partial charge in [-0.15, -0.1) is 0 Å². The quantitative estimate of drug-likeness (QED) is 0.873. The molecule has 1 N–H and O–H groups in total. The number of nitrogens with one attached hydrogen (secondary N) is 1. The number of anilines is 1. The largest absolute Gasteiger partial charge is 0.467 e.